The van der Waals surface area contributed by atoms with Crippen molar-refractivity contribution in [2.45, 2.75) is 18.9 Å². The van der Waals surface area contributed by atoms with Gasteiger partial charge in [-0.05, 0) is 78.6 Å². The number of rotatable bonds is 3. The molecule has 0 aliphatic carbocycles. The molecule has 7 heteroatoms. The summed E-state index contributed by atoms with van der Waals surface area (Å²) in [7, 11) is 0. The van der Waals surface area contributed by atoms with E-state index in [1.54, 1.807) is 42.7 Å². The third-order valence-electron chi connectivity index (χ3n) is 5.75. The van der Waals surface area contributed by atoms with Crippen LogP contribution in [-0.2, 0) is 16.0 Å². The average Bonchev–Trinajstić information content (AvgIpc) is 3.10. The van der Waals surface area contributed by atoms with Crippen molar-refractivity contribution in [3.63, 3.8) is 0 Å². The monoisotopic (exact) mass is 430 g/mol. The Morgan fingerprint density at radius 3 is 2.56 bits per heavy atom. The molecule has 1 amide bonds. The first-order chi connectivity index (χ1) is 15.5. The van der Waals surface area contributed by atoms with E-state index in [0.29, 0.717) is 23.4 Å². The Balaban J connectivity index is 1.68. The predicted molar refractivity (Wildman–Crippen MR) is 116 cm³/mol. The molecule has 160 valence electrons. The van der Waals surface area contributed by atoms with Crippen molar-refractivity contribution in [3.05, 3.63) is 95.1 Å². The fourth-order valence-electron chi connectivity index (χ4n) is 4.22. The second-order valence-electron chi connectivity index (χ2n) is 7.70. The molecule has 1 N–H and O–H groups in total. The van der Waals surface area contributed by atoms with E-state index in [2.05, 4.69) is 4.98 Å². The van der Waals surface area contributed by atoms with Crippen LogP contribution in [0, 0.1) is 5.82 Å². The summed E-state index contributed by atoms with van der Waals surface area (Å²) in [6.07, 6.45) is 4.77. The maximum absolute atomic E-state index is 13.5. The summed E-state index contributed by atoms with van der Waals surface area (Å²) in [5.74, 6) is -1.56. The van der Waals surface area contributed by atoms with E-state index in [9.17, 15) is 19.1 Å². The number of Topliss-reactive ketones (excluding diaryl/α,β-unsaturated/α-hetero) is 1. The zero-order valence-electron chi connectivity index (χ0n) is 17.0. The number of aryl methyl sites for hydroxylation is 1. The molecular weight excluding hydrogens is 411 g/mol. The third-order valence-corrected chi connectivity index (χ3v) is 5.75. The minimum Gasteiger partial charge on any atom is -0.507 e. The maximum atomic E-state index is 13.5. The minimum atomic E-state index is -0.879. The van der Waals surface area contributed by atoms with Crippen molar-refractivity contribution >= 4 is 23.1 Å². The smallest absolute Gasteiger partial charge is 0.300 e. The number of ketones is 1. The standard InChI is InChI=1S/C25H19FN2O4/c26-18-4-6-19(7-5-18)28-22(15-9-11-27-12-10-15)21(24(30)25(28)31)23(29)17-3-8-20-16(14-17)2-1-13-32-20/h3-12,14,22,29H,1-2,13H2/b23-21-. The predicted octanol–water partition coefficient (Wildman–Crippen LogP) is 4.17. The number of aliphatic hydroxyl groups is 1. The van der Waals surface area contributed by atoms with Gasteiger partial charge in [0, 0.05) is 23.6 Å². The lowest BCUT2D eigenvalue weighted by atomic mass is 9.94. The first-order valence-corrected chi connectivity index (χ1v) is 10.3. The molecule has 2 aromatic carbocycles. The van der Waals surface area contributed by atoms with Gasteiger partial charge in [-0.15, -0.1) is 0 Å². The largest absolute Gasteiger partial charge is 0.507 e. The van der Waals surface area contributed by atoms with Gasteiger partial charge in [-0.1, -0.05) is 0 Å². The molecule has 5 rings (SSSR count). The van der Waals surface area contributed by atoms with Gasteiger partial charge in [0.25, 0.3) is 11.7 Å². The fraction of sp³-hybridized carbons (Fsp3) is 0.160. The lowest BCUT2D eigenvalue weighted by Crippen LogP contribution is -2.29. The molecule has 1 aromatic heterocycles. The van der Waals surface area contributed by atoms with E-state index < -0.39 is 23.5 Å². The van der Waals surface area contributed by atoms with Crippen molar-refractivity contribution in [2.24, 2.45) is 0 Å². The van der Waals surface area contributed by atoms with E-state index in [-0.39, 0.29) is 11.3 Å². The third kappa shape index (κ3) is 3.32. The van der Waals surface area contributed by atoms with Crippen molar-refractivity contribution < 1.29 is 23.8 Å². The molecule has 2 aliphatic heterocycles. The molecule has 0 radical (unpaired) electrons. The number of amides is 1. The molecule has 0 saturated carbocycles. The van der Waals surface area contributed by atoms with Gasteiger partial charge in [0.15, 0.2) is 0 Å². The number of nitrogens with zero attached hydrogens (tertiary/aromatic N) is 2. The first-order valence-electron chi connectivity index (χ1n) is 10.3. The number of benzene rings is 2. The van der Waals surface area contributed by atoms with Crippen molar-refractivity contribution in [3.8, 4) is 5.75 Å². The van der Waals surface area contributed by atoms with Gasteiger partial charge in [0.2, 0.25) is 0 Å². The number of anilines is 1. The highest BCUT2D eigenvalue weighted by molar-refractivity contribution is 6.51. The summed E-state index contributed by atoms with van der Waals surface area (Å²) < 4.78 is 19.1. The van der Waals surface area contributed by atoms with E-state index in [4.69, 9.17) is 4.74 Å². The Bertz CT molecular complexity index is 1240. The SMILES string of the molecule is O=C1C(=O)N(c2ccc(F)cc2)C(c2ccncc2)/C1=C(/O)c1ccc2c(c1)CCCO2. The fourth-order valence-corrected chi connectivity index (χ4v) is 4.22. The Morgan fingerprint density at radius 1 is 1.06 bits per heavy atom. The van der Waals surface area contributed by atoms with E-state index in [0.717, 1.165) is 24.2 Å². The molecule has 1 fully saturated rings. The van der Waals surface area contributed by atoms with E-state index in [1.165, 1.54) is 29.2 Å². The quantitative estimate of drug-likeness (QED) is 0.383. The number of pyridine rings is 1. The molecule has 6 nitrogen and oxygen atoms in total. The van der Waals surface area contributed by atoms with Crippen LogP contribution in [0.4, 0.5) is 10.1 Å². The van der Waals surface area contributed by atoms with Gasteiger partial charge in [-0.25, -0.2) is 4.39 Å². The van der Waals surface area contributed by atoms with Crippen LogP contribution in [0.3, 0.4) is 0 Å². The second kappa shape index (κ2) is 7.92. The zero-order chi connectivity index (χ0) is 22.2. The number of hydrogen-bond acceptors (Lipinski definition) is 5. The summed E-state index contributed by atoms with van der Waals surface area (Å²) in [5, 5.41) is 11.2. The average molecular weight is 430 g/mol. The molecule has 32 heavy (non-hydrogen) atoms. The van der Waals surface area contributed by atoms with E-state index in [1.807, 2.05) is 0 Å². The Hall–Kier alpha value is -4.00. The number of carbonyl (C=O) groups excluding carboxylic acids is 2. The molecule has 3 heterocycles. The summed E-state index contributed by atoms with van der Waals surface area (Å²) >= 11 is 0. The van der Waals surface area contributed by atoms with Crippen LogP contribution in [-0.4, -0.2) is 28.4 Å². The molecule has 1 saturated heterocycles. The molecular formula is C25H19FN2O4. The van der Waals surface area contributed by atoms with Gasteiger partial charge in [-0.3, -0.25) is 19.5 Å². The number of aliphatic hydroxyl groups excluding tert-OH is 1. The van der Waals surface area contributed by atoms with E-state index >= 15 is 0 Å². The van der Waals surface area contributed by atoms with Crippen LogP contribution in [0.15, 0.2) is 72.6 Å². The number of halogens is 1. The van der Waals surface area contributed by atoms with Gasteiger partial charge < -0.3 is 9.84 Å². The number of carbonyl (C=O) groups is 2. The zero-order valence-corrected chi connectivity index (χ0v) is 17.0. The Morgan fingerprint density at radius 2 is 1.81 bits per heavy atom. The molecule has 2 aliphatic rings. The number of ether oxygens (including phenoxy) is 1. The number of hydrogen-bond donors (Lipinski definition) is 1. The summed E-state index contributed by atoms with van der Waals surface area (Å²) in [5.41, 5.74) is 2.31. The Kier molecular flexibility index (Phi) is 4.93. The summed E-state index contributed by atoms with van der Waals surface area (Å²) in [4.78, 5) is 31.5. The lowest BCUT2D eigenvalue weighted by Gasteiger charge is -2.25. The van der Waals surface area contributed by atoms with Crippen molar-refractivity contribution in [1.29, 1.82) is 0 Å². The Labute approximate surface area is 183 Å². The van der Waals surface area contributed by atoms with Crippen LogP contribution in [0.5, 0.6) is 5.75 Å². The summed E-state index contributed by atoms with van der Waals surface area (Å²) in [6, 6.07) is 13.0. The normalized spacial score (nSPS) is 19.5. The van der Waals surface area contributed by atoms with Gasteiger partial charge in [0.05, 0.1) is 18.2 Å². The van der Waals surface area contributed by atoms with Crippen LogP contribution in [0.2, 0.25) is 0 Å². The van der Waals surface area contributed by atoms with Crippen molar-refractivity contribution in [2.75, 3.05) is 11.5 Å². The highest BCUT2D eigenvalue weighted by Gasteiger charge is 2.47. The van der Waals surface area contributed by atoms with Gasteiger partial charge in [-0.2, -0.15) is 0 Å². The van der Waals surface area contributed by atoms with Crippen LogP contribution < -0.4 is 9.64 Å². The molecule has 3 aromatic rings. The van der Waals surface area contributed by atoms with Gasteiger partial charge >= 0.3 is 0 Å². The second-order valence-corrected chi connectivity index (χ2v) is 7.70. The summed E-state index contributed by atoms with van der Waals surface area (Å²) in [6.45, 7) is 0.642. The molecule has 0 bridgehead atoms. The molecule has 1 unspecified atom stereocenters. The maximum Gasteiger partial charge on any atom is 0.300 e. The highest BCUT2D eigenvalue weighted by Crippen LogP contribution is 2.42. The number of fused-ring (bicyclic) bond motifs is 1. The van der Waals surface area contributed by atoms with Crippen LogP contribution in [0.1, 0.15) is 29.2 Å². The van der Waals surface area contributed by atoms with Crippen LogP contribution >= 0.6 is 0 Å². The van der Waals surface area contributed by atoms with Gasteiger partial charge in [0.1, 0.15) is 17.3 Å². The minimum absolute atomic E-state index is 0.0257. The van der Waals surface area contributed by atoms with Crippen molar-refractivity contribution in [1.82, 2.24) is 4.98 Å². The highest BCUT2D eigenvalue weighted by atomic mass is 19.1. The topological polar surface area (TPSA) is 79.7 Å². The number of aromatic nitrogens is 1. The lowest BCUT2D eigenvalue weighted by molar-refractivity contribution is -0.132. The molecule has 1 atom stereocenters. The first kappa shape index (κ1) is 19.9. The molecule has 0 spiro atoms. The van der Waals surface area contributed by atoms with Crippen LogP contribution in [0.25, 0.3) is 5.76 Å².